The fraction of sp³-hybridized carbons (Fsp3) is 0.562. The highest BCUT2D eigenvalue weighted by Gasteiger charge is 2.15. The van der Waals surface area contributed by atoms with E-state index < -0.39 is 6.04 Å². The third kappa shape index (κ3) is 6.82. The van der Waals surface area contributed by atoms with Crippen LogP contribution < -0.4 is 15.8 Å². The fourth-order valence-electron chi connectivity index (χ4n) is 1.96. The first-order valence-electron chi connectivity index (χ1n) is 7.13. The van der Waals surface area contributed by atoms with Crippen molar-refractivity contribution in [2.24, 2.45) is 11.7 Å². The molecule has 1 rings (SSSR count). The van der Waals surface area contributed by atoms with Crippen molar-refractivity contribution in [3.63, 3.8) is 0 Å². The Morgan fingerprint density at radius 2 is 1.90 bits per heavy atom. The third-order valence-electron chi connectivity index (χ3n) is 2.87. The van der Waals surface area contributed by atoms with Gasteiger partial charge in [0.05, 0.1) is 12.1 Å². The standard InChI is InChI=1S/C16H26N2O2.ClH/c1-10(2)8-14(17)16(19)18-13-6-7-15(12(5)9-13)20-11(3)4;/h6-7,9-11,14H,8,17H2,1-5H3,(H,18,19);1H/t14-;/m0./s1. The first kappa shape index (κ1) is 19.7. The second kappa shape index (κ2) is 8.90. The number of carbonyl (C=O) groups excluding carboxylic acids is 1. The molecular weight excluding hydrogens is 288 g/mol. The molecule has 1 aromatic rings. The zero-order valence-electron chi connectivity index (χ0n) is 13.5. The van der Waals surface area contributed by atoms with Crippen LogP contribution in [0.25, 0.3) is 0 Å². The molecule has 1 aromatic carbocycles. The summed E-state index contributed by atoms with van der Waals surface area (Å²) in [6, 6.07) is 5.14. The molecule has 0 aliphatic carbocycles. The molecule has 0 spiro atoms. The van der Waals surface area contributed by atoms with Crippen molar-refractivity contribution in [1.82, 2.24) is 0 Å². The molecular formula is C16H27ClN2O2. The number of nitrogens with two attached hydrogens (primary N) is 1. The Kier molecular flexibility index (Phi) is 8.37. The maximum Gasteiger partial charge on any atom is 0.241 e. The van der Waals surface area contributed by atoms with Crippen LogP contribution in [-0.2, 0) is 4.79 Å². The lowest BCUT2D eigenvalue weighted by Gasteiger charge is -2.16. The van der Waals surface area contributed by atoms with E-state index in [1.807, 2.05) is 39.0 Å². The molecule has 0 aliphatic rings. The van der Waals surface area contributed by atoms with E-state index in [1.165, 1.54) is 0 Å². The molecule has 1 amide bonds. The van der Waals surface area contributed by atoms with Gasteiger partial charge >= 0.3 is 0 Å². The van der Waals surface area contributed by atoms with Crippen molar-refractivity contribution in [2.45, 2.75) is 53.2 Å². The molecule has 0 bridgehead atoms. The van der Waals surface area contributed by atoms with Gasteiger partial charge in [0.25, 0.3) is 0 Å². The Morgan fingerprint density at radius 3 is 2.38 bits per heavy atom. The predicted octanol–water partition coefficient (Wildman–Crippen LogP) is 3.52. The van der Waals surface area contributed by atoms with Gasteiger partial charge < -0.3 is 15.8 Å². The van der Waals surface area contributed by atoms with Gasteiger partial charge in [-0.1, -0.05) is 13.8 Å². The van der Waals surface area contributed by atoms with Gasteiger partial charge in [-0.25, -0.2) is 0 Å². The average Bonchev–Trinajstić information content (AvgIpc) is 2.31. The molecule has 0 unspecified atom stereocenters. The summed E-state index contributed by atoms with van der Waals surface area (Å²) < 4.78 is 5.67. The van der Waals surface area contributed by atoms with Crippen LogP contribution in [0, 0.1) is 12.8 Å². The van der Waals surface area contributed by atoms with Crippen LogP contribution in [0.4, 0.5) is 5.69 Å². The van der Waals surface area contributed by atoms with Crippen LogP contribution >= 0.6 is 12.4 Å². The summed E-state index contributed by atoms with van der Waals surface area (Å²) in [7, 11) is 0. The molecule has 1 atom stereocenters. The van der Waals surface area contributed by atoms with Gasteiger partial charge in [0, 0.05) is 5.69 Å². The lowest BCUT2D eigenvalue weighted by molar-refractivity contribution is -0.117. The first-order chi connectivity index (χ1) is 9.29. The predicted molar refractivity (Wildman–Crippen MR) is 90.3 cm³/mol. The Balaban J connectivity index is 0.00000400. The molecule has 0 aliphatic heterocycles. The Labute approximate surface area is 133 Å². The van der Waals surface area contributed by atoms with Crippen molar-refractivity contribution in [2.75, 3.05) is 5.32 Å². The van der Waals surface area contributed by atoms with Crippen LogP contribution in [0.1, 0.15) is 39.7 Å². The molecule has 0 aromatic heterocycles. The molecule has 5 heteroatoms. The number of amides is 1. The largest absolute Gasteiger partial charge is 0.491 e. The molecule has 0 radical (unpaired) electrons. The summed E-state index contributed by atoms with van der Waals surface area (Å²) >= 11 is 0. The molecule has 120 valence electrons. The summed E-state index contributed by atoms with van der Waals surface area (Å²) in [4.78, 5) is 12.0. The second-order valence-corrected chi connectivity index (χ2v) is 5.87. The number of aryl methyl sites for hydroxylation is 1. The lowest BCUT2D eigenvalue weighted by Crippen LogP contribution is -2.36. The van der Waals surface area contributed by atoms with Gasteiger partial charge in [0.15, 0.2) is 0 Å². The van der Waals surface area contributed by atoms with Crippen molar-refractivity contribution in [3.05, 3.63) is 23.8 Å². The van der Waals surface area contributed by atoms with E-state index >= 15 is 0 Å². The number of ether oxygens (including phenoxy) is 1. The van der Waals surface area contributed by atoms with Crippen molar-refractivity contribution < 1.29 is 9.53 Å². The van der Waals surface area contributed by atoms with Gasteiger partial charge in [-0.15, -0.1) is 12.4 Å². The van der Waals surface area contributed by atoms with E-state index in [4.69, 9.17) is 10.5 Å². The summed E-state index contributed by atoms with van der Waals surface area (Å²) in [5.74, 6) is 1.10. The number of anilines is 1. The highest BCUT2D eigenvalue weighted by Crippen LogP contribution is 2.23. The van der Waals surface area contributed by atoms with Gasteiger partial charge in [0.1, 0.15) is 5.75 Å². The number of halogens is 1. The van der Waals surface area contributed by atoms with E-state index in [0.717, 1.165) is 17.0 Å². The fourth-order valence-corrected chi connectivity index (χ4v) is 1.96. The zero-order valence-corrected chi connectivity index (χ0v) is 14.3. The van der Waals surface area contributed by atoms with E-state index in [1.54, 1.807) is 0 Å². The zero-order chi connectivity index (χ0) is 15.3. The van der Waals surface area contributed by atoms with E-state index in [0.29, 0.717) is 12.3 Å². The summed E-state index contributed by atoms with van der Waals surface area (Å²) in [5, 5.41) is 2.85. The van der Waals surface area contributed by atoms with E-state index in [2.05, 4.69) is 19.2 Å². The van der Waals surface area contributed by atoms with Crippen LogP contribution in [0.3, 0.4) is 0 Å². The van der Waals surface area contributed by atoms with Gasteiger partial charge in [0.2, 0.25) is 5.91 Å². The molecule has 3 N–H and O–H groups in total. The van der Waals surface area contributed by atoms with Crippen molar-refractivity contribution in [3.8, 4) is 5.75 Å². The SMILES string of the molecule is Cc1cc(NC(=O)[C@@H](N)CC(C)C)ccc1OC(C)C.Cl. The highest BCUT2D eigenvalue weighted by molar-refractivity contribution is 5.94. The number of hydrogen-bond donors (Lipinski definition) is 2. The van der Waals surface area contributed by atoms with Crippen molar-refractivity contribution >= 4 is 24.0 Å². The minimum atomic E-state index is -0.470. The quantitative estimate of drug-likeness (QED) is 0.844. The average molecular weight is 315 g/mol. The number of rotatable bonds is 6. The molecule has 0 heterocycles. The second-order valence-electron chi connectivity index (χ2n) is 5.87. The highest BCUT2D eigenvalue weighted by atomic mass is 35.5. The van der Waals surface area contributed by atoms with E-state index in [9.17, 15) is 4.79 Å². The Hall–Kier alpha value is -1.26. The van der Waals surface area contributed by atoms with Gasteiger partial charge in [-0.05, 0) is 56.9 Å². The van der Waals surface area contributed by atoms with Gasteiger partial charge in [-0.3, -0.25) is 4.79 Å². The minimum absolute atomic E-state index is 0. The molecule has 0 saturated carbocycles. The first-order valence-corrected chi connectivity index (χ1v) is 7.13. The number of nitrogens with one attached hydrogen (secondary N) is 1. The summed E-state index contributed by atoms with van der Waals surface area (Å²) in [6.07, 6.45) is 0.813. The maximum absolute atomic E-state index is 12.0. The Morgan fingerprint density at radius 1 is 1.29 bits per heavy atom. The van der Waals surface area contributed by atoms with Gasteiger partial charge in [-0.2, -0.15) is 0 Å². The van der Waals surface area contributed by atoms with Crippen LogP contribution in [0.2, 0.25) is 0 Å². The lowest BCUT2D eigenvalue weighted by atomic mass is 10.0. The summed E-state index contributed by atoms with van der Waals surface area (Å²) in [6.45, 7) is 10.0. The molecule has 0 saturated heterocycles. The smallest absolute Gasteiger partial charge is 0.241 e. The molecule has 21 heavy (non-hydrogen) atoms. The van der Waals surface area contributed by atoms with Crippen LogP contribution in [0.15, 0.2) is 18.2 Å². The number of benzene rings is 1. The minimum Gasteiger partial charge on any atom is -0.491 e. The normalized spacial score (nSPS) is 12.0. The Bertz CT molecular complexity index is 462. The van der Waals surface area contributed by atoms with E-state index in [-0.39, 0.29) is 24.4 Å². The molecule has 4 nitrogen and oxygen atoms in total. The summed E-state index contributed by atoms with van der Waals surface area (Å²) in [5.41, 5.74) is 7.61. The van der Waals surface area contributed by atoms with Crippen molar-refractivity contribution in [1.29, 1.82) is 0 Å². The third-order valence-corrected chi connectivity index (χ3v) is 2.87. The molecule has 0 fully saturated rings. The number of hydrogen-bond acceptors (Lipinski definition) is 3. The van der Waals surface area contributed by atoms with Crippen LogP contribution in [0.5, 0.6) is 5.75 Å². The maximum atomic E-state index is 12.0. The monoisotopic (exact) mass is 314 g/mol. The number of carbonyl (C=O) groups is 1. The van der Waals surface area contributed by atoms with Crippen LogP contribution in [-0.4, -0.2) is 18.1 Å². The topological polar surface area (TPSA) is 64.4 Å².